The van der Waals surface area contributed by atoms with Crippen LogP contribution in [0.25, 0.3) is 11.1 Å². The average Bonchev–Trinajstić information content (AvgIpc) is 3.45. The number of anilines is 2. The van der Waals surface area contributed by atoms with E-state index in [2.05, 4.69) is 16.0 Å². The normalized spacial score (nSPS) is 11.1. The molecule has 2 aromatic carbocycles. The van der Waals surface area contributed by atoms with Gasteiger partial charge in [0, 0.05) is 37.1 Å². The van der Waals surface area contributed by atoms with Gasteiger partial charge in [-0.2, -0.15) is 0 Å². The van der Waals surface area contributed by atoms with Crippen LogP contribution in [0.4, 0.5) is 16.2 Å². The van der Waals surface area contributed by atoms with Gasteiger partial charge in [0.1, 0.15) is 5.84 Å². The van der Waals surface area contributed by atoms with E-state index < -0.39 is 33.7 Å². The number of rotatable bonds is 17. The van der Waals surface area contributed by atoms with Gasteiger partial charge in [0.2, 0.25) is 15.7 Å². The molecule has 1 aromatic heterocycles. The molecule has 3 rings (SSSR count). The maximum atomic E-state index is 13.8. The molecule has 13 nitrogen and oxygen atoms in total. The number of hydrogen-bond donors (Lipinski definition) is 7. The maximum absolute atomic E-state index is 13.8. The minimum absolute atomic E-state index is 0.0127. The predicted molar refractivity (Wildman–Crippen MR) is 182 cm³/mol. The number of carbonyl (C=O) groups is 4. The largest absolute Gasteiger partial charge is 0.481 e. The topological polar surface area (TPSA) is 229 Å². The molecule has 47 heavy (non-hydrogen) atoms. The molecule has 0 atom stereocenters. The second-order valence-corrected chi connectivity index (χ2v) is 14.6. The summed E-state index contributed by atoms with van der Waals surface area (Å²) in [7, 11) is -4.04. The number of benzene rings is 2. The number of hydrogen-bond acceptors (Lipinski definition) is 9. The van der Waals surface area contributed by atoms with Crippen molar-refractivity contribution in [2.45, 2.75) is 65.9 Å². The van der Waals surface area contributed by atoms with Crippen LogP contribution < -0.4 is 21.7 Å². The van der Waals surface area contributed by atoms with E-state index in [4.69, 9.17) is 21.4 Å². The van der Waals surface area contributed by atoms with Crippen LogP contribution in [-0.4, -0.2) is 61.1 Å². The Hall–Kier alpha value is -4.41. The molecule has 0 aliphatic heterocycles. The summed E-state index contributed by atoms with van der Waals surface area (Å²) in [5.41, 5.74) is 7.82. The summed E-state index contributed by atoms with van der Waals surface area (Å²) in [4.78, 5) is 47.4. The maximum Gasteiger partial charge on any atom is 0.319 e. The standard InChI is InChI=1S/C31H37N5O8S3/c1-18-14-20(35-31(42)34-13-5-3-4-11-26(38)39)16-22(36-25(37)10-7-12-27(40)41)28(18)19-8-6-9-21(15-19)47(43,44)24-17-23(29(32)33)46-30(24)45-2/h6,8-9,14-17H,3-5,7,10-13H2,1-2H3,(H3,32,33)(H,36,37)(H,38,39)(H,40,41)(H2,34,35,42). The molecule has 0 saturated carbocycles. The molecule has 8 N–H and O–H groups in total. The van der Waals surface area contributed by atoms with E-state index in [9.17, 15) is 27.6 Å². The van der Waals surface area contributed by atoms with E-state index in [1.807, 2.05) is 0 Å². The van der Waals surface area contributed by atoms with Crippen LogP contribution >= 0.6 is 23.1 Å². The van der Waals surface area contributed by atoms with Gasteiger partial charge in [-0.1, -0.05) is 18.6 Å². The van der Waals surface area contributed by atoms with E-state index in [-0.39, 0.29) is 47.0 Å². The summed E-state index contributed by atoms with van der Waals surface area (Å²) in [6, 6.07) is 10.3. The van der Waals surface area contributed by atoms with Crippen LogP contribution in [0.5, 0.6) is 0 Å². The van der Waals surface area contributed by atoms with Crippen molar-refractivity contribution in [1.82, 2.24) is 5.32 Å². The van der Waals surface area contributed by atoms with E-state index >= 15 is 0 Å². The molecule has 0 spiro atoms. The fourth-order valence-electron chi connectivity index (χ4n) is 4.67. The third-order valence-corrected chi connectivity index (χ3v) is 11.2. The average molecular weight is 704 g/mol. The molecule has 16 heteroatoms. The Labute approximate surface area is 280 Å². The molecule has 1 heterocycles. The van der Waals surface area contributed by atoms with E-state index in [0.717, 1.165) is 11.3 Å². The number of unbranched alkanes of at least 4 members (excludes halogenated alkanes) is 2. The Kier molecular flexibility index (Phi) is 13.4. The molecule has 252 valence electrons. The number of nitrogen functional groups attached to an aromatic ring is 1. The molecule has 0 aliphatic carbocycles. The Morgan fingerprint density at radius 1 is 0.936 bits per heavy atom. The third kappa shape index (κ3) is 10.6. The van der Waals surface area contributed by atoms with Gasteiger partial charge >= 0.3 is 18.0 Å². The van der Waals surface area contributed by atoms with Gasteiger partial charge < -0.3 is 31.9 Å². The number of aryl methyl sites for hydroxylation is 1. The first-order valence-corrected chi connectivity index (χ1v) is 18.1. The van der Waals surface area contributed by atoms with E-state index in [0.29, 0.717) is 57.3 Å². The summed E-state index contributed by atoms with van der Waals surface area (Å²) in [5, 5.41) is 33.7. The molecule has 0 radical (unpaired) electrons. The van der Waals surface area contributed by atoms with Gasteiger partial charge in [-0.05, 0) is 73.9 Å². The van der Waals surface area contributed by atoms with Gasteiger partial charge in [-0.25, -0.2) is 13.2 Å². The number of thiophene rings is 1. The summed E-state index contributed by atoms with van der Waals surface area (Å²) in [6.45, 7) is 2.07. The smallest absolute Gasteiger partial charge is 0.319 e. The zero-order valence-electron chi connectivity index (χ0n) is 25.8. The number of nitrogens with one attached hydrogen (secondary N) is 4. The van der Waals surface area contributed by atoms with Crippen molar-refractivity contribution >= 4 is 74.0 Å². The van der Waals surface area contributed by atoms with Crippen LogP contribution in [0, 0.1) is 12.3 Å². The molecule has 3 amide bonds. The fraction of sp³-hybridized carbons (Fsp3) is 0.323. The Morgan fingerprint density at radius 2 is 1.64 bits per heavy atom. The third-order valence-electron chi connectivity index (χ3n) is 6.85. The van der Waals surface area contributed by atoms with Crippen molar-refractivity contribution in [1.29, 1.82) is 5.41 Å². The summed E-state index contributed by atoms with van der Waals surface area (Å²) in [5.74, 6) is -2.60. The monoisotopic (exact) mass is 703 g/mol. The van der Waals surface area contributed by atoms with Crippen molar-refractivity contribution in [3.63, 3.8) is 0 Å². The van der Waals surface area contributed by atoms with Gasteiger partial charge in [-0.15, -0.1) is 23.1 Å². The van der Waals surface area contributed by atoms with Gasteiger partial charge in [0.05, 0.1) is 24.6 Å². The highest BCUT2D eigenvalue weighted by Gasteiger charge is 2.26. The van der Waals surface area contributed by atoms with Crippen molar-refractivity contribution in [2.75, 3.05) is 23.4 Å². The van der Waals surface area contributed by atoms with Crippen LogP contribution in [0.3, 0.4) is 0 Å². The number of thioether (sulfide) groups is 1. The number of carboxylic acids is 2. The number of sulfone groups is 1. The Morgan fingerprint density at radius 3 is 2.30 bits per heavy atom. The first kappa shape index (κ1) is 37.1. The lowest BCUT2D eigenvalue weighted by molar-refractivity contribution is -0.138. The molecule has 3 aromatic rings. The zero-order valence-corrected chi connectivity index (χ0v) is 28.3. The minimum Gasteiger partial charge on any atom is -0.481 e. The van der Waals surface area contributed by atoms with Crippen molar-refractivity contribution in [3.8, 4) is 11.1 Å². The first-order chi connectivity index (χ1) is 22.2. The van der Waals surface area contributed by atoms with Crippen LogP contribution in [0.15, 0.2) is 56.5 Å². The van der Waals surface area contributed by atoms with Gasteiger partial charge in [-0.3, -0.25) is 19.8 Å². The summed E-state index contributed by atoms with van der Waals surface area (Å²) >= 11 is 2.35. The SMILES string of the molecule is CSc1sc(C(=N)N)cc1S(=O)(=O)c1cccc(-c2c(C)cc(NC(=O)NCCCCCC(=O)O)cc2NC(=O)CCCC(=O)O)c1. The fourth-order valence-corrected chi connectivity index (χ4v) is 8.58. The highest BCUT2D eigenvalue weighted by molar-refractivity contribution is 8.01. The summed E-state index contributed by atoms with van der Waals surface area (Å²) < 4.78 is 28.1. The van der Waals surface area contributed by atoms with E-state index in [1.165, 1.54) is 36.0 Å². The quantitative estimate of drug-likeness (QED) is 0.0403. The van der Waals surface area contributed by atoms with Crippen LogP contribution in [0.2, 0.25) is 0 Å². The minimum atomic E-state index is -4.04. The first-order valence-electron chi connectivity index (χ1n) is 14.5. The number of amidine groups is 1. The van der Waals surface area contributed by atoms with Crippen molar-refractivity contribution < 1.29 is 37.8 Å². The Balaban J connectivity index is 1.95. The lowest BCUT2D eigenvalue weighted by Crippen LogP contribution is -2.29. The second kappa shape index (κ2) is 16.9. The summed E-state index contributed by atoms with van der Waals surface area (Å²) in [6.07, 6.45) is 3.37. The number of carboxylic acid groups (broad SMARTS) is 2. The van der Waals surface area contributed by atoms with E-state index in [1.54, 1.807) is 31.4 Å². The number of amides is 3. The highest BCUT2D eigenvalue weighted by atomic mass is 32.2. The molecular formula is C31H37N5O8S3. The number of urea groups is 1. The van der Waals surface area contributed by atoms with Crippen LogP contribution in [-0.2, 0) is 24.2 Å². The second-order valence-electron chi connectivity index (χ2n) is 10.5. The lowest BCUT2D eigenvalue weighted by atomic mass is 9.97. The molecule has 0 saturated heterocycles. The number of aliphatic carboxylic acids is 2. The number of nitrogens with two attached hydrogens (primary N) is 1. The molecule has 0 fully saturated rings. The van der Waals surface area contributed by atoms with Crippen molar-refractivity contribution in [3.05, 3.63) is 52.9 Å². The Bertz CT molecular complexity index is 1770. The van der Waals surface area contributed by atoms with Crippen molar-refractivity contribution in [2.24, 2.45) is 5.73 Å². The molecule has 0 aliphatic rings. The molecule has 0 bridgehead atoms. The lowest BCUT2D eigenvalue weighted by Gasteiger charge is -2.18. The van der Waals surface area contributed by atoms with Crippen LogP contribution in [0.1, 0.15) is 55.4 Å². The highest BCUT2D eigenvalue weighted by Crippen LogP contribution is 2.39. The molecular weight excluding hydrogens is 667 g/mol. The zero-order chi connectivity index (χ0) is 34.7. The predicted octanol–water partition coefficient (Wildman–Crippen LogP) is 5.52. The number of carbonyl (C=O) groups excluding carboxylic acids is 2. The van der Waals surface area contributed by atoms with Gasteiger partial charge in [0.25, 0.3) is 0 Å². The van der Waals surface area contributed by atoms with Gasteiger partial charge in [0.15, 0.2) is 0 Å². The molecule has 0 unspecified atom stereocenters.